The van der Waals surface area contributed by atoms with Crippen molar-refractivity contribution in [2.75, 3.05) is 26.8 Å². The SMILES string of the molecule is COCCN(CC(C)C)C(=O)NC(CC(=O)O)C(C)C. The van der Waals surface area contributed by atoms with E-state index in [1.807, 2.05) is 27.7 Å². The molecule has 6 heteroatoms. The largest absolute Gasteiger partial charge is 0.481 e. The first-order chi connectivity index (χ1) is 9.27. The van der Waals surface area contributed by atoms with Crippen LogP contribution in [0.25, 0.3) is 0 Å². The first-order valence-electron chi connectivity index (χ1n) is 7.04. The highest BCUT2D eigenvalue weighted by Gasteiger charge is 2.22. The van der Waals surface area contributed by atoms with Gasteiger partial charge in [-0.05, 0) is 11.8 Å². The van der Waals surface area contributed by atoms with Gasteiger partial charge >= 0.3 is 12.0 Å². The van der Waals surface area contributed by atoms with Gasteiger partial charge in [0.2, 0.25) is 0 Å². The number of methoxy groups -OCH3 is 1. The third kappa shape index (κ3) is 7.99. The zero-order valence-corrected chi connectivity index (χ0v) is 13.2. The van der Waals surface area contributed by atoms with Crippen molar-refractivity contribution in [3.05, 3.63) is 0 Å². The van der Waals surface area contributed by atoms with E-state index in [4.69, 9.17) is 9.84 Å². The third-order valence-corrected chi connectivity index (χ3v) is 2.95. The molecule has 118 valence electrons. The molecule has 0 spiro atoms. The van der Waals surface area contributed by atoms with E-state index in [1.165, 1.54) is 0 Å². The van der Waals surface area contributed by atoms with Crippen LogP contribution in [0.5, 0.6) is 0 Å². The van der Waals surface area contributed by atoms with Crippen LogP contribution in [0, 0.1) is 11.8 Å². The summed E-state index contributed by atoms with van der Waals surface area (Å²) in [5.41, 5.74) is 0. The minimum Gasteiger partial charge on any atom is -0.481 e. The van der Waals surface area contributed by atoms with Crippen LogP contribution in [-0.2, 0) is 9.53 Å². The van der Waals surface area contributed by atoms with Crippen molar-refractivity contribution in [1.29, 1.82) is 0 Å². The molecule has 0 radical (unpaired) electrons. The van der Waals surface area contributed by atoms with Gasteiger partial charge in [0, 0.05) is 26.2 Å². The highest BCUT2D eigenvalue weighted by Crippen LogP contribution is 2.08. The minimum absolute atomic E-state index is 0.0663. The van der Waals surface area contributed by atoms with Crippen LogP contribution in [0.2, 0.25) is 0 Å². The smallest absolute Gasteiger partial charge is 0.317 e. The molecule has 0 aromatic heterocycles. The van der Waals surface area contributed by atoms with Crippen molar-refractivity contribution in [2.45, 2.75) is 40.2 Å². The second-order valence-corrected chi connectivity index (χ2v) is 5.73. The van der Waals surface area contributed by atoms with Gasteiger partial charge in [0.15, 0.2) is 0 Å². The Morgan fingerprint density at radius 3 is 2.25 bits per heavy atom. The summed E-state index contributed by atoms with van der Waals surface area (Å²) in [7, 11) is 1.59. The maximum atomic E-state index is 12.2. The summed E-state index contributed by atoms with van der Waals surface area (Å²) in [5, 5.41) is 11.7. The Labute approximate surface area is 121 Å². The normalized spacial score (nSPS) is 12.6. The number of urea groups is 1. The van der Waals surface area contributed by atoms with E-state index in [9.17, 15) is 9.59 Å². The molecule has 1 unspecified atom stereocenters. The molecular formula is C14H28N2O4. The minimum atomic E-state index is -0.906. The van der Waals surface area contributed by atoms with Crippen LogP contribution in [0.3, 0.4) is 0 Å². The molecule has 0 aromatic carbocycles. The van der Waals surface area contributed by atoms with Gasteiger partial charge in [-0.1, -0.05) is 27.7 Å². The lowest BCUT2D eigenvalue weighted by atomic mass is 10.0. The van der Waals surface area contributed by atoms with Gasteiger partial charge in [-0.2, -0.15) is 0 Å². The molecule has 0 aliphatic rings. The summed E-state index contributed by atoms with van der Waals surface area (Å²) in [6, 6.07) is -0.590. The monoisotopic (exact) mass is 288 g/mol. The number of nitrogens with zero attached hydrogens (tertiary/aromatic N) is 1. The topological polar surface area (TPSA) is 78.9 Å². The van der Waals surface area contributed by atoms with Crippen LogP contribution in [0.1, 0.15) is 34.1 Å². The molecule has 1 atom stereocenters. The summed E-state index contributed by atoms with van der Waals surface area (Å²) in [5.74, 6) is -0.496. The van der Waals surface area contributed by atoms with Crippen molar-refractivity contribution < 1.29 is 19.4 Å². The van der Waals surface area contributed by atoms with Crippen LogP contribution >= 0.6 is 0 Å². The van der Waals surface area contributed by atoms with Gasteiger partial charge in [-0.3, -0.25) is 4.79 Å². The van der Waals surface area contributed by atoms with E-state index in [-0.39, 0.29) is 24.4 Å². The quantitative estimate of drug-likeness (QED) is 0.678. The van der Waals surface area contributed by atoms with Gasteiger partial charge in [0.05, 0.1) is 13.0 Å². The summed E-state index contributed by atoms with van der Waals surface area (Å²) in [4.78, 5) is 24.7. The lowest BCUT2D eigenvalue weighted by Crippen LogP contribution is -2.49. The molecule has 2 N–H and O–H groups in total. The second kappa shape index (κ2) is 9.58. The Bertz CT molecular complexity index is 306. The molecular weight excluding hydrogens is 260 g/mol. The zero-order valence-electron chi connectivity index (χ0n) is 13.2. The van der Waals surface area contributed by atoms with Crippen LogP contribution in [0.15, 0.2) is 0 Å². The van der Waals surface area contributed by atoms with E-state index in [0.717, 1.165) is 0 Å². The fourth-order valence-corrected chi connectivity index (χ4v) is 1.81. The van der Waals surface area contributed by atoms with Crippen LogP contribution in [-0.4, -0.2) is 54.9 Å². The van der Waals surface area contributed by atoms with E-state index in [0.29, 0.717) is 25.6 Å². The molecule has 0 aliphatic carbocycles. The number of carboxylic acid groups (broad SMARTS) is 1. The first-order valence-corrected chi connectivity index (χ1v) is 7.04. The lowest BCUT2D eigenvalue weighted by molar-refractivity contribution is -0.137. The Kier molecular flexibility index (Phi) is 8.96. The number of rotatable bonds is 9. The number of ether oxygens (including phenoxy) is 1. The number of carbonyl (C=O) groups is 2. The Morgan fingerprint density at radius 2 is 1.85 bits per heavy atom. The molecule has 0 saturated carbocycles. The predicted molar refractivity (Wildman–Crippen MR) is 77.7 cm³/mol. The maximum Gasteiger partial charge on any atom is 0.317 e. The number of aliphatic carboxylic acids is 1. The van der Waals surface area contributed by atoms with Crippen LogP contribution in [0.4, 0.5) is 4.79 Å². The van der Waals surface area contributed by atoms with Crippen LogP contribution < -0.4 is 5.32 Å². The van der Waals surface area contributed by atoms with Crippen molar-refractivity contribution >= 4 is 12.0 Å². The van der Waals surface area contributed by atoms with Gasteiger partial charge in [0.1, 0.15) is 0 Å². The van der Waals surface area contributed by atoms with E-state index in [2.05, 4.69) is 5.32 Å². The fraction of sp³-hybridized carbons (Fsp3) is 0.857. The maximum absolute atomic E-state index is 12.2. The van der Waals surface area contributed by atoms with Gasteiger partial charge in [-0.15, -0.1) is 0 Å². The average Bonchev–Trinajstić information content (AvgIpc) is 2.32. The molecule has 2 amide bonds. The molecule has 6 nitrogen and oxygen atoms in total. The zero-order chi connectivity index (χ0) is 15.7. The van der Waals surface area contributed by atoms with Crippen molar-refractivity contribution in [2.24, 2.45) is 11.8 Å². The molecule has 0 rings (SSSR count). The number of hydrogen-bond donors (Lipinski definition) is 2. The summed E-state index contributed by atoms with van der Waals surface area (Å²) >= 11 is 0. The highest BCUT2D eigenvalue weighted by atomic mass is 16.5. The average molecular weight is 288 g/mol. The first kappa shape index (κ1) is 18.7. The van der Waals surface area contributed by atoms with E-state index >= 15 is 0 Å². The van der Waals surface area contributed by atoms with Crippen molar-refractivity contribution in [3.8, 4) is 0 Å². The Balaban J connectivity index is 4.63. The summed E-state index contributed by atoms with van der Waals surface area (Å²) in [6.45, 7) is 9.44. The number of carboxylic acids is 1. The fourth-order valence-electron chi connectivity index (χ4n) is 1.81. The number of carbonyl (C=O) groups excluding carboxylic acids is 1. The number of hydrogen-bond acceptors (Lipinski definition) is 3. The molecule has 0 heterocycles. The van der Waals surface area contributed by atoms with Crippen molar-refractivity contribution in [3.63, 3.8) is 0 Å². The third-order valence-electron chi connectivity index (χ3n) is 2.95. The van der Waals surface area contributed by atoms with Gasteiger partial charge < -0.3 is 20.1 Å². The highest BCUT2D eigenvalue weighted by molar-refractivity contribution is 5.76. The predicted octanol–water partition coefficient (Wildman–Crippen LogP) is 1.80. The second-order valence-electron chi connectivity index (χ2n) is 5.73. The molecule has 0 bridgehead atoms. The molecule has 0 saturated heterocycles. The molecule has 20 heavy (non-hydrogen) atoms. The number of amides is 2. The van der Waals surface area contributed by atoms with E-state index < -0.39 is 5.97 Å². The van der Waals surface area contributed by atoms with Gasteiger partial charge in [-0.25, -0.2) is 4.79 Å². The Morgan fingerprint density at radius 1 is 1.25 bits per heavy atom. The molecule has 0 fully saturated rings. The molecule has 0 aliphatic heterocycles. The van der Waals surface area contributed by atoms with Gasteiger partial charge in [0.25, 0.3) is 0 Å². The molecule has 0 aromatic rings. The summed E-state index contributed by atoms with van der Waals surface area (Å²) < 4.78 is 5.01. The Hall–Kier alpha value is -1.30. The van der Waals surface area contributed by atoms with E-state index in [1.54, 1.807) is 12.0 Å². The lowest BCUT2D eigenvalue weighted by Gasteiger charge is -2.28. The standard InChI is InChI=1S/C14H28N2O4/c1-10(2)9-16(6-7-20-5)14(19)15-12(11(3)4)8-13(17)18/h10-12H,6-9H2,1-5H3,(H,15,19)(H,17,18). The number of nitrogens with one attached hydrogen (secondary N) is 1. The van der Waals surface area contributed by atoms with Crippen molar-refractivity contribution in [1.82, 2.24) is 10.2 Å². The summed E-state index contributed by atoms with van der Waals surface area (Å²) in [6.07, 6.45) is -0.0663.